The third-order valence-electron chi connectivity index (χ3n) is 3.66. The monoisotopic (exact) mass is 322 g/mol. The quantitative estimate of drug-likeness (QED) is 0.791. The first kappa shape index (κ1) is 17.3. The van der Waals surface area contributed by atoms with Gasteiger partial charge in [0.05, 0.1) is 5.69 Å². The number of amides is 2. The molecular formula is C16H26N4O3. The van der Waals surface area contributed by atoms with Gasteiger partial charge in [-0.1, -0.05) is 0 Å². The third-order valence-corrected chi connectivity index (χ3v) is 3.66. The molecule has 0 radical (unpaired) electrons. The summed E-state index contributed by atoms with van der Waals surface area (Å²) in [4.78, 5) is 28.2. The van der Waals surface area contributed by atoms with Crippen LogP contribution in [0.25, 0.3) is 0 Å². The van der Waals surface area contributed by atoms with Crippen LogP contribution in [-0.2, 0) is 11.8 Å². The highest BCUT2D eigenvalue weighted by molar-refractivity contribution is 5.92. The van der Waals surface area contributed by atoms with Gasteiger partial charge in [-0.2, -0.15) is 5.10 Å². The average molecular weight is 322 g/mol. The van der Waals surface area contributed by atoms with E-state index in [1.807, 2.05) is 27.7 Å². The first-order valence-electron chi connectivity index (χ1n) is 7.95. The van der Waals surface area contributed by atoms with Crippen molar-refractivity contribution in [2.45, 2.75) is 39.7 Å². The van der Waals surface area contributed by atoms with E-state index >= 15 is 0 Å². The van der Waals surface area contributed by atoms with Crippen molar-refractivity contribution in [1.29, 1.82) is 0 Å². The Balaban J connectivity index is 2.00. The normalized spacial score (nSPS) is 16.2. The second kappa shape index (κ2) is 6.60. The minimum absolute atomic E-state index is 0.0425. The molecule has 1 aliphatic heterocycles. The van der Waals surface area contributed by atoms with Gasteiger partial charge in [-0.05, 0) is 40.2 Å². The smallest absolute Gasteiger partial charge is 0.410 e. The third kappa shape index (κ3) is 4.46. The molecule has 1 fully saturated rings. The van der Waals surface area contributed by atoms with Crippen LogP contribution in [0.3, 0.4) is 0 Å². The number of nitrogens with zero attached hydrogens (tertiary/aromatic N) is 4. The van der Waals surface area contributed by atoms with Crippen molar-refractivity contribution in [3.63, 3.8) is 0 Å². The van der Waals surface area contributed by atoms with E-state index in [9.17, 15) is 9.59 Å². The largest absolute Gasteiger partial charge is 0.444 e. The maximum absolute atomic E-state index is 12.6. The highest BCUT2D eigenvalue weighted by atomic mass is 16.6. The van der Waals surface area contributed by atoms with E-state index in [0.29, 0.717) is 31.9 Å². The Hall–Kier alpha value is -2.05. The molecule has 1 aliphatic rings. The van der Waals surface area contributed by atoms with Crippen molar-refractivity contribution in [2.24, 2.45) is 7.05 Å². The minimum atomic E-state index is -0.509. The predicted octanol–water partition coefficient (Wildman–Crippen LogP) is 1.81. The lowest BCUT2D eigenvalue weighted by Gasteiger charge is -2.26. The molecule has 1 aromatic heterocycles. The second-order valence-electron chi connectivity index (χ2n) is 6.91. The molecule has 0 N–H and O–H groups in total. The van der Waals surface area contributed by atoms with Crippen molar-refractivity contribution in [1.82, 2.24) is 19.6 Å². The molecule has 0 bridgehead atoms. The predicted molar refractivity (Wildman–Crippen MR) is 86.3 cm³/mol. The van der Waals surface area contributed by atoms with Gasteiger partial charge >= 0.3 is 6.09 Å². The molecular weight excluding hydrogens is 296 g/mol. The molecule has 0 aliphatic carbocycles. The number of carbonyl (C=O) groups is 2. The van der Waals surface area contributed by atoms with E-state index in [0.717, 1.165) is 12.1 Å². The zero-order valence-corrected chi connectivity index (χ0v) is 14.6. The van der Waals surface area contributed by atoms with Crippen molar-refractivity contribution in [3.05, 3.63) is 17.5 Å². The van der Waals surface area contributed by atoms with Gasteiger partial charge in [0.2, 0.25) is 0 Å². The summed E-state index contributed by atoms with van der Waals surface area (Å²) in [5, 5.41) is 4.22. The average Bonchev–Trinajstić information content (AvgIpc) is 2.64. The van der Waals surface area contributed by atoms with Gasteiger partial charge < -0.3 is 14.5 Å². The molecule has 2 rings (SSSR count). The molecule has 0 aromatic carbocycles. The molecule has 2 amide bonds. The summed E-state index contributed by atoms with van der Waals surface area (Å²) in [7, 11) is 1.77. The van der Waals surface area contributed by atoms with Gasteiger partial charge in [-0.15, -0.1) is 0 Å². The molecule has 2 heterocycles. The number of rotatable bonds is 1. The van der Waals surface area contributed by atoms with Crippen LogP contribution in [0.15, 0.2) is 6.07 Å². The molecule has 1 aromatic rings. The van der Waals surface area contributed by atoms with E-state index < -0.39 is 5.60 Å². The molecule has 7 nitrogen and oxygen atoms in total. The maximum Gasteiger partial charge on any atom is 0.410 e. The molecule has 0 spiro atoms. The Labute approximate surface area is 137 Å². The summed E-state index contributed by atoms with van der Waals surface area (Å²) in [5.74, 6) is -0.0425. The van der Waals surface area contributed by atoms with E-state index in [1.165, 1.54) is 0 Å². The van der Waals surface area contributed by atoms with Crippen molar-refractivity contribution in [3.8, 4) is 0 Å². The van der Waals surface area contributed by atoms with E-state index in [-0.39, 0.29) is 12.0 Å². The van der Waals surface area contributed by atoms with Gasteiger partial charge in [0.1, 0.15) is 11.3 Å². The van der Waals surface area contributed by atoms with Crippen molar-refractivity contribution >= 4 is 12.0 Å². The van der Waals surface area contributed by atoms with E-state index in [1.54, 1.807) is 27.6 Å². The summed E-state index contributed by atoms with van der Waals surface area (Å²) in [6.45, 7) is 9.63. The summed E-state index contributed by atoms with van der Waals surface area (Å²) >= 11 is 0. The Morgan fingerprint density at radius 2 is 1.74 bits per heavy atom. The summed E-state index contributed by atoms with van der Waals surface area (Å²) in [6.07, 6.45) is 0.421. The molecule has 0 unspecified atom stereocenters. The lowest BCUT2D eigenvalue weighted by atomic mass is 10.2. The lowest BCUT2D eigenvalue weighted by Crippen LogP contribution is -2.40. The highest BCUT2D eigenvalue weighted by Gasteiger charge is 2.27. The molecule has 0 atom stereocenters. The molecule has 0 saturated carbocycles. The molecule has 128 valence electrons. The van der Waals surface area contributed by atoms with Gasteiger partial charge in [0, 0.05) is 33.2 Å². The molecule has 1 saturated heterocycles. The van der Waals surface area contributed by atoms with Crippen LogP contribution in [0.2, 0.25) is 0 Å². The highest BCUT2D eigenvalue weighted by Crippen LogP contribution is 2.14. The van der Waals surface area contributed by atoms with Crippen molar-refractivity contribution in [2.75, 3.05) is 26.2 Å². The van der Waals surface area contributed by atoms with E-state index in [4.69, 9.17) is 4.74 Å². The number of ether oxygens (including phenoxy) is 1. The van der Waals surface area contributed by atoms with Gasteiger partial charge in [-0.3, -0.25) is 9.48 Å². The van der Waals surface area contributed by atoms with Gasteiger partial charge in [0.15, 0.2) is 0 Å². The Kier molecular flexibility index (Phi) is 4.97. The van der Waals surface area contributed by atoms with Gasteiger partial charge in [0.25, 0.3) is 5.91 Å². The Morgan fingerprint density at radius 1 is 1.13 bits per heavy atom. The van der Waals surface area contributed by atoms with Crippen molar-refractivity contribution < 1.29 is 14.3 Å². The van der Waals surface area contributed by atoms with Crippen LogP contribution in [-0.4, -0.2) is 63.4 Å². The van der Waals surface area contributed by atoms with Crippen LogP contribution < -0.4 is 0 Å². The number of hydrogen-bond donors (Lipinski definition) is 0. The molecule has 7 heteroatoms. The standard InChI is InChI=1S/C16H26N4O3/c1-12-11-13(18(5)17-12)14(21)19-7-6-8-20(10-9-19)15(22)23-16(2,3)4/h11H,6-10H2,1-5H3. The zero-order chi connectivity index (χ0) is 17.2. The summed E-state index contributed by atoms with van der Waals surface area (Å²) in [6, 6.07) is 1.79. The first-order chi connectivity index (χ1) is 10.7. The molecule has 23 heavy (non-hydrogen) atoms. The fourth-order valence-electron chi connectivity index (χ4n) is 2.60. The lowest BCUT2D eigenvalue weighted by molar-refractivity contribution is 0.0255. The van der Waals surface area contributed by atoms with Crippen LogP contribution >= 0.6 is 0 Å². The van der Waals surface area contributed by atoms with Crippen LogP contribution in [0.5, 0.6) is 0 Å². The number of carbonyl (C=O) groups excluding carboxylic acids is 2. The second-order valence-corrected chi connectivity index (χ2v) is 6.91. The van der Waals surface area contributed by atoms with Crippen LogP contribution in [0.1, 0.15) is 43.4 Å². The Morgan fingerprint density at radius 3 is 2.30 bits per heavy atom. The minimum Gasteiger partial charge on any atom is -0.444 e. The Bertz CT molecular complexity index is 589. The van der Waals surface area contributed by atoms with Gasteiger partial charge in [-0.25, -0.2) is 4.79 Å². The van der Waals surface area contributed by atoms with Crippen LogP contribution in [0, 0.1) is 6.92 Å². The SMILES string of the molecule is Cc1cc(C(=O)N2CCCN(C(=O)OC(C)(C)C)CC2)n(C)n1. The number of aromatic nitrogens is 2. The number of hydrogen-bond acceptors (Lipinski definition) is 4. The fourth-order valence-corrected chi connectivity index (χ4v) is 2.60. The topological polar surface area (TPSA) is 67.7 Å². The summed E-state index contributed by atoms with van der Waals surface area (Å²) < 4.78 is 7.01. The van der Waals surface area contributed by atoms with Crippen LogP contribution in [0.4, 0.5) is 4.79 Å². The first-order valence-corrected chi connectivity index (χ1v) is 7.95. The zero-order valence-electron chi connectivity index (χ0n) is 14.6. The van der Waals surface area contributed by atoms with E-state index in [2.05, 4.69) is 5.10 Å². The maximum atomic E-state index is 12.6. The summed E-state index contributed by atoms with van der Waals surface area (Å²) in [5.41, 5.74) is 0.889. The fraction of sp³-hybridized carbons (Fsp3) is 0.688. The number of aryl methyl sites for hydroxylation is 2.